The standard InChI is InChI=1S/C22H21N3O4/c1-13-20(24-17-6-4-5-7-18(17)25(13)28)21(26)23-12-16-11-14-10-15(22(2,3)27)8-9-19(14)29-16/h4-11,27H,12H2,1-3H3,(H,23,26). The highest BCUT2D eigenvalue weighted by Gasteiger charge is 2.21. The normalized spacial score (nSPS) is 11.9. The molecule has 0 aliphatic carbocycles. The van der Waals surface area contributed by atoms with Crippen molar-refractivity contribution >= 4 is 27.9 Å². The summed E-state index contributed by atoms with van der Waals surface area (Å²) in [5, 5.41) is 26.2. The molecule has 2 heterocycles. The molecule has 1 amide bonds. The fourth-order valence-corrected chi connectivity index (χ4v) is 3.24. The van der Waals surface area contributed by atoms with Gasteiger partial charge in [-0.05, 0) is 43.7 Å². The minimum Gasteiger partial charge on any atom is -0.618 e. The number of carbonyl (C=O) groups excluding carboxylic acids is 1. The second kappa shape index (κ2) is 6.86. The van der Waals surface area contributed by atoms with E-state index in [1.165, 1.54) is 0 Å². The summed E-state index contributed by atoms with van der Waals surface area (Å²) in [6.07, 6.45) is 0. The lowest BCUT2D eigenvalue weighted by molar-refractivity contribution is -0.584. The van der Waals surface area contributed by atoms with Crippen molar-refractivity contribution in [1.82, 2.24) is 10.3 Å². The Morgan fingerprint density at radius 1 is 1.24 bits per heavy atom. The highest BCUT2D eigenvalue weighted by molar-refractivity contribution is 5.94. The molecule has 29 heavy (non-hydrogen) atoms. The molecule has 4 rings (SSSR count). The fraction of sp³-hybridized carbons (Fsp3) is 0.227. The van der Waals surface area contributed by atoms with Gasteiger partial charge in [0.25, 0.3) is 5.91 Å². The van der Waals surface area contributed by atoms with Crippen LogP contribution in [0.5, 0.6) is 0 Å². The van der Waals surface area contributed by atoms with Gasteiger partial charge in [0, 0.05) is 18.4 Å². The zero-order valence-corrected chi connectivity index (χ0v) is 16.4. The van der Waals surface area contributed by atoms with Crippen LogP contribution in [0.1, 0.15) is 41.4 Å². The molecule has 0 aliphatic rings. The molecule has 2 aromatic heterocycles. The molecule has 0 fully saturated rings. The molecule has 2 N–H and O–H groups in total. The van der Waals surface area contributed by atoms with Gasteiger partial charge in [0.05, 0.1) is 12.1 Å². The maximum absolute atomic E-state index is 12.6. The third kappa shape index (κ3) is 3.52. The van der Waals surface area contributed by atoms with Crippen LogP contribution in [0.2, 0.25) is 0 Å². The van der Waals surface area contributed by atoms with Crippen LogP contribution >= 0.6 is 0 Å². The molecule has 0 aliphatic heterocycles. The van der Waals surface area contributed by atoms with Crippen molar-refractivity contribution in [1.29, 1.82) is 0 Å². The first-order chi connectivity index (χ1) is 13.7. The Bertz CT molecular complexity index is 1240. The summed E-state index contributed by atoms with van der Waals surface area (Å²) in [5.41, 5.74) is 1.69. The van der Waals surface area contributed by atoms with E-state index >= 15 is 0 Å². The lowest BCUT2D eigenvalue weighted by atomic mass is 9.97. The maximum Gasteiger partial charge on any atom is 0.276 e. The quantitative estimate of drug-likeness (QED) is 0.411. The number of aromatic nitrogens is 2. The van der Waals surface area contributed by atoms with E-state index in [4.69, 9.17) is 4.42 Å². The Morgan fingerprint density at radius 3 is 2.76 bits per heavy atom. The summed E-state index contributed by atoms with van der Waals surface area (Å²) in [6.45, 7) is 5.16. The first-order valence-corrected chi connectivity index (χ1v) is 9.26. The van der Waals surface area contributed by atoms with Gasteiger partial charge in [-0.3, -0.25) is 4.79 Å². The van der Waals surface area contributed by atoms with Gasteiger partial charge in [-0.1, -0.05) is 18.2 Å². The molecule has 0 bridgehead atoms. The summed E-state index contributed by atoms with van der Waals surface area (Å²) in [7, 11) is 0. The molecule has 0 saturated carbocycles. The number of nitrogens with zero attached hydrogens (tertiary/aromatic N) is 2. The summed E-state index contributed by atoms with van der Waals surface area (Å²) in [4.78, 5) is 17.0. The lowest BCUT2D eigenvalue weighted by Crippen LogP contribution is -2.36. The van der Waals surface area contributed by atoms with Crippen molar-refractivity contribution in [2.24, 2.45) is 0 Å². The molecular formula is C22H21N3O4. The molecule has 2 aromatic carbocycles. The van der Waals surface area contributed by atoms with E-state index in [9.17, 15) is 15.1 Å². The van der Waals surface area contributed by atoms with Gasteiger partial charge in [0.15, 0.2) is 5.69 Å². The van der Waals surface area contributed by atoms with E-state index < -0.39 is 11.5 Å². The van der Waals surface area contributed by atoms with Crippen LogP contribution in [-0.2, 0) is 12.1 Å². The topological polar surface area (TPSA) is 102 Å². The predicted molar refractivity (Wildman–Crippen MR) is 108 cm³/mol. The second-order valence-electron chi connectivity index (χ2n) is 7.54. The summed E-state index contributed by atoms with van der Waals surface area (Å²) in [6, 6.07) is 14.2. The summed E-state index contributed by atoms with van der Waals surface area (Å²) < 4.78 is 6.48. The lowest BCUT2D eigenvalue weighted by Gasteiger charge is -2.17. The number of hydrogen-bond donors (Lipinski definition) is 2. The minimum atomic E-state index is -0.952. The van der Waals surface area contributed by atoms with Crippen LogP contribution in [-0.4, -0.2) is 16.0 Å². The van der Waals surface area contributed by atoms with Gasteiger partial charge in [-0.2, -0.15) is 4.73 Å². The number of aliphatic hydroxyl groups is 1. The number of nitrogens with one attached hydrogen (secondary N) is 1. The highest BCUT2D eigenvalue weighted by atomic mass is 16.5. The van der Waals surface area contributed by atoms with Crippen molar-refractivity contribution in [3.63, 3.8) is 0 Å². The van der Waals surface area contributed by atoms with Crippen LogP contribution < -0.4 is 10.0 Å². The Hall–Kier alpha value is -3.45. The summed E-state index contributed by atoms with van der Waals surface area (Å²) >= 11 is 0. The van der Waals surface area contributed by atoms with E-state index in [1.54, 1.807) is 51.1 Å². The van der Waals surface area contributed by atoms with Crippen LogP contribution in [0.15, 0.2) is 52.9 Å². The van der Waals surface area contributed by atoms with Crippen LogP contribution in [0.25, 0.3) is 22.0 Å². The van der Waals surface area contributed by atoms with Crippen LogP contribution in [0, 0.1) is 12.1 Å². The summed E-state index contributed by atoms with van der Waals surface area (Å²) in [5.74, 6) is 0.116. The zero-order valence-electron chi connectivity index (χ0n) is 16.4. The van der Waals surface area contributed by atoms with Crippen molar-refractivity contribution < 1.29 is 19.0 Å². The van der Waals surface area contributed by atoms with Gasteiger partial charge < -0.3 is 20.0 Å². The molecule has 0 atom stereocenters. The molecule has 7 nitrogen and oxygen atoms in total. The Kier molecular flexibility index (Phi) is 4.47. The van der Waals surface area contributed by atoms with Gasteiger partial charge in [-0.25, -0.2) is 4.98 Å². The molecule has 4 aromatic rings. The van der Waals surface area contributed by atoms with E-state index in [1.807, 2.05) is 18.2 Å². The van der Waals surface area contributed by atoms with E-state index in [2.05, 4.69) is 10.3 Å². The van der Waals surface area contributed by atoms with Crippen molar-refractivity contribution in [2.45, 2.75) is 32.9 Å². The Morgan fingerprint density at radius 2 is 2.00 bits per heavy atom. The van der Waals surface area contributed by atoms with E-state index in [0.717, 1.165) is 15.7 Å². The smallest absolute Gasteiger partial charge is 0.276 e. The predicted octanol–water partition coefficient (Wildman–Crippen LogP) is 3.08. The van der Waals surface area contributed by atoms with Crippen LogP contribution in [0.3, 0.4) is 0 Å². The monoisotopic (exact) mass is 391 g/mol. The largest absolute Gasteiger partial charge is 0.618 e. The number of hydrogen-bond acceptors (Lipinski definition) is 5. The van der Waals surface area contributed by atoms with Crippen LogP contribution in [0.4, 0.5) is 0 Å². The minimum absolute atomic E-state index is 0.0825. The number of rotatable bonds is 4. The SMILES string of the molecule is Cc1c(C(=O)NCc2cc3cc(C(C)(C)O)ccc3o2)nc2ccccc2[n+]1[O-]. The fourth-order valence-electron chi connectivity index (χ4n) is 3.24. The van der Waals surface area contributed by atoms with Gasteiger partial charge in [0.2, 0.25) is 11.2 Å². The first-order valence-electron chi connectivity index (χ1n) is 9.26. The number of fused-ring (bicyclic) bond motifs is 2. The molecule has 0 radical (unpaired) electrons. The van der Waals surface area contributed by atoms with E-state index in [0.29, 0.717) is 22.4 Å². The third-order valence-corrected chi connectivity index (χ3v) is 4.89. The van der Waals surface area contributed by atoms with Gasteiger partial charge in [0.1, 0.15) is 16.9 Å². The number of furan rings is 1. The number of amides is 1. The molecule has 0 unspecified atom stereocenters. The Labute approximate surface area is 167 Å². The van der Waals surface area contributed by atoms with Crippen molar-refractivity contribution in [3.8, 4) is 0 Å². The molecule has 148 valence electrons. The molecule has 0 spiro atoms. The van der Waals surface area contributed by atoms with Gasteiger partial charge in [-0.15, -0.1) is 0 Å². The third-order valence-electron chi connectivity index (χ3n) is 4.89. The second-order valence-corrected chi connectivity index (χ2v) is 7.54. The average Bonchev–Trinajstić information content (AvgIpc) is 3.10. The number of carbonyl (C=O) groups is 1. The molecule has 0 saturated heterocycles. The van der Waals surface area contributed by atoms with Crippen molar-refractivity contribution in [3.05, 3.63) is 76.4 Å². The number of benzene rings is 2. The first kappa shape index (κ1) is 18.9. The highest BCUT2D eigenvalue weighted by Crippen LogP contribution is 2.26. The number of para-hydroxylation sites is 2. The van der Waals surface area contributed by atoms with Crippen molar-refractivity contribution in [2.75, 3.05) is 0 Å². The van der Waals surface area contributed by atoms with E-state index in [-0.39, 0.29) is 17.9 Å². The zero-order chi connectivity index (χ0) is 20.8. The average molecular weight is 391 g/mol. The molecule has 7 heteroatoms. The maximum atomic E-state index is 12.6. The van der Waals surface area contributed by atoms with Gasteiger partial charge >= 0.3 is 0 Å². The molecular weight excluding hydrogens is 370 g/mol. The Balaban J connectivity index is 1.57.